The van der Waals surface area contributed by atoms with Gasteiger partial charge in [-0.25, -0.2) is 0 Å². The SMILES string of the molecule is CCC(NCc1ccccc1C)c1ccc(C)cc1. The predicted octanol–water partition coefficient (Wildman–Crippen LogP) is 4.54. The van der Waals surface area contributed by atoms with Crippen LogP contribution in [0.1, 0.15) is 41.6 Å². The molecule has 0 aliphatic rings. The summed E-state index contributed by atoms with van der Waals surface area (Å²) in [6.07, 6.45) is 1.11. The average molecular weight is 253 g/mol. The molecule has 0 radical (unpaired) electrons. The summed E-state index contributed by atoms with van der Waals surface area (Å²) in [5.41, 5.74) is 5.43. The van der Waals surface area contributed by atoms with Crippen LogP contribution in [0, 0.1) is 13.8 Å². The monoisotopic (exact) mass is 253 g/mol. The maximum absolute atomic E-state index is 3.66. The molecule has 1 atom stereocenters. The summed E-state index contributed by atoms with van der Waals surface area (Å²) in [6, 6.07) is 17.8. The van der Waals surface area contributed by atoms with Gasteiger partial charge in [-0.3, -0.25) is 0 Å². The third-order valence-corrected chi connectivity index (χ3v) is 3.69. The molecule has 0 fully saturated rings. The van der Waals surface area contributed by atoms with E-state index in [1.165, 1.54) is 22.3 Å². The Balaban J connectivity index is 2.04. The lowest BCUT2D eigenvalue weighted by atomic mass is 10.0. The van der Waals surface area contributed by atoms with Gasteiger partial charge >= 0.3 is 0 Å². The maximum Gasteiger partial charge on any atom is 0.0320 e. The lowest BCUT2D eigenvalue weighted by molar-refractivity contribution is 0.518. The standard InChI is InChI=1S/C18H23N/c1-4-18(16-11-9-14(2)10-12-16)19-13-17-8-6-5-7-15(17)3/h5-12,18-19H,4,13H2,1-3H3. The molecule has 1 unspecified atom stereocenters. The van der Waals surface area contributed by atoms with Crippen LogP contribution in [0.2, 0.25) is 0 Å². The molecule has 0 saturated carbocycles. The molecule has 2 rings (SSSR count). The largest absolute Gasteiger partial charge is 0.306 e. The van der Waals surface area contributed by atoms with Gasteiger partial charge < -0.3 is 5.32 Å². The third-order valence-electron chi connectivity index (χ3n) is 3.69. The fourth-order valence-electron chi connectivity index (χ4n) is 2.34. The highest BCUT2D eigenvalue weighted by Gasteiger charge is 2.08. The van der Waals surface area contributed by atoms with Crippen molar-refractivity contribution in [2.75, 3.05) is 0 Å². The van der Waals surface area contributed by atoms with E-state index in [9.17, 15) is 0 Å². The summed E-state index contributed by atoms with van der Waals surface area (Å²) in [4.78, 5) is 0. The molecule has 0 heterocycles. The molecule has 0 aliphatic heterocycles. The number of hydrogen-bond donors (Lipinski definition) is 1. The highest BCUT2D eigenvalue weighted by molar-refractivity contribution is 5.27. The normalized spacial score (nSPS) is 12.4. The van der Waals surface area contributed by atoms with Crippen LogP contribution in [0.5, 0.6) is 0 Å². The fourth-order valence-corrected chi connectivity index (χ4v) is 2.34. The minimum atomic E-state index is 0.431. The molecule has 1 heteroatoms. The van der Waals surface area contributed by atoms with Crippen molar-refractivity contribution in [1.29, 1.82) is 0 Å². The van der Waals surface area contributed by atoms with Crippen LogP contribution in [-0.4, -0.2) is 0 Å². The minimum absolute atomic E-state index is 0.431. The van der Waals surface area contributed by atoms with E-state index in [2.05, 4.69) is 74.6 Å². The second kappa shape index (κ2) is 6.53. The first-order valence-corrected chi connectivity index (χ1v) is 7.05. The van der Waals surface area contributed by atoms with Crippen molar-refractivity contribution >= 4 is 0 Å². The van der Waals surface area contributed by atoms with Crippen molar-refractivity contribution in [3.63, 3.8) is 0 Å². The van der Waals surface area contributed by atoms with Crippen LogP contribution < -0.4 is 5.32 Å². The predicted molar refractivity (Wildman–Crippen MR) is 82.2 cm³/mol. The maximum atomic E-state index is 3.66. The Hall–Kier alpha value is -1.60. The molecule has 0 saturated heterocycles. The molecular formula is C18H23N. The molecule has 0 bridgehead atoms. The Morgan fingerprint density at radius 1 is 0.947 bits per heavy atom. The van der Waals surface area contributed by atoms with E-state index in [0.29, 0.717) is 6.04 Å². The Kier molecular flexibility index (Phi) is 4.75. The van der Waals surface area contributed by atoms with Gasteiger partial charge in [0.05, 0.1) is 0 Å². The van der Waals surface area contributed by atoms with Crippen molar-refractivity contribution in [2.24, 2.45) is 0 Å². The zero-order chi connectivity index (χ0) is 13.7. The van der Waals surface area contributed by atoms with Gasteiger partial charge in [-0.05, 0) is 37.0 Å². The van der Waals surface area contributed by atoms with Crippen molar-refractivity contribution < 1.29 is 0 Å². The van der Waals surface area contributed by atoms with E-state index in [-0.39, 0.29) is 0 Å². The van der Waals surface area contributed by atoms with Crippen LogP contribution in [0.25, 0.3) is 0 Å². The quantitative estimate of drug-likeness (QED) is 0.824. The van der Waals surface area contributed by atoms with E-state index in [4.69, 9.17) is 0 Å². The van der Waals surface area contributed by atoms with Gasteiger partial charge in [0.2, 0.25) is 0 Å². The van der Waals surface area contributed by atoms with E-state index in [0.717, 1.165) is 13.0 Å². The van der Waals surface area contributed by atoms with Gasteiger partial charge in [-0.2, -0.15) is 0 Å². The third kappa shape index (κ3) is 3.68. The summed E-state index contributed by atoms with van der Waals surface area (Å²) in [7, 11) is 0. The summed E-state index contributed by atoms with van der Waals surface area (Å²) in [5.74, 6) is 0. The number of hydrogen-bond acceptors (Lipinski definition) is 1. The Morgan fingerprint density at radius 2 is 1.63 bits per heavy atom. The van der Waals surface area contributed by atoms with Crippen molar-refractivity contribution in [3.8, 4) is 0 Å². The van der Waals surface area contributed by atoms with Crippen LogP contribution in [-0.2, 0) is 6.54 Å². The minimum Gasteiger partial charge on any atom is -0.306 e. The highest BCUT2D eigenvalue weighted by atomic mass is 14.9. The van der Waals surface area contributed by atoms with Gasteiger partial charge in [-0.1, -0.05) is 61.0 Å². The van der Waals surface area contributed by atoms with Gasteiger partial charge in [-0.15, -0.1) is 0 Å². The average Bonchev–Trinajstić information content (AvgIpc) is 2.43. The second-order valence-electron chi connectivity index (χ2n) is 5.18. The second-order valence-corrected chi connectivity index (χ2v) is 5.18. The molecular weight excluding hydrogens is 230 g/mol. The van der Waals surface area contributed by atoms with Gasteiger partial charge in [0.1, 0.15) is 0 Å². The summed E-state index contributed by atoms with van der Waals surface area (Å²) < 4.78 is 0. The van der Waals surface area contributed by atoms with E-state index < -0.39 is 0 Å². The Morgan fingerprint density at radius 3 is 2.26 bits per heavy atom. The molecule has 19 heavy (non-hydrogen) atoms. The zero-order valence-electron chi connectivity index (χ0n) is 12.1. The summed E-state index contributed by atoms with van der Waals surface area (Å²) in [5, 5.41) is 3.66. The van der Waals surface area contributed by atoms with E-state index >= 15 is 0 Å². The van der Waals surface area contributed by atoms with Gasteiger partial charge in [0, 0.05) is 12.6 Å². The summed E-state index contributed by atoms with van der Waals surface area (Å²) >= 11 is 0. The van der Waals surface area contributed by atoms with Crippen LogP contribution in [0.15, 0.2) is 48.5 Å². The van der Waals surface area contributed by atoms with Crippen LogP contribution in [0.4, 0.5) is 0 Å². The molecule has 2 aromatic carbocycles. The zero-order valence-corrected chi connectivity index (χ0v) is 12.1. The fraction of sp³-hybridized carbons (Fsp3) is 0.333. The molecule has 1 nitrogen and oxygen atoms in total. The van der Waals surface area contributed by atoms with Crippen molar-refractivity contribution in [2.45, 2.75) is 39.8 Å². The molecule has 100 valence electrons. The smallest absolute Gasteiger partial charge is 0.0320 e. The lowest BCUT2D eigenvalue weighted by Crippen LogP contribution is -2.20. The highest BCUT2D eigenvalue weighted by Crippen LogP contribution is 2.18. The Bertz CT molecular complexity index is 513. The van der Waals surface area contributed by atoms with Crippen molar-refractivity contribution in [1.82, 2.24) is 5.32 Å². The first-order valence-electron chi connectivity index (χ1n) is 7.05. The number of aryl methyl sites for hydroxylation is 2. The van der Waals surface area contributed by atoms with Gasteiger partial charge in [0.15, 0.2) is 0 Å². The molecule has 2 aromatic rings. The first kappa shape index (κ1) is 13.8. The first-order chi connectivity index (χ1) is 9.20. The van der Waals surface area contributed by atoms with E-state index in [1.807, 2.05) is 0 Å². The lowest BCUT2D eigenvalue weighted by Gasteiger charge is -2.18. The molecule has 0 amide bonds. The molecule has 1 N–H and O–H groups in total. The van der Waals surface area contributed by atoms with Gasteiger partial charge in [0.25, 0.3) is 0 Å². The van der Waals surface area contributed by atoms with Crippen LogP contribution >= 0.6 is 0 Å². The summed E-state index contributed by atoms with van der Waals surface area (Å²) in [6.45, 7) is 7.46. The number of benzene rings is 2. The topological polar surface area (TPSA) is 12.0 Å². The van der Waals surface area contributed by atoms with E-state index in [1.54, 1.807) is 0 Å². The number of rotatable bonds is 5. The molecule has 0 aromatic heterocycles. The molecule has 0 aliphatic carbocycles. The molecule has 0 spiro atoms. The number of nitrogens with one attached hydrogen (secondary N) is 1. The van der Waals surface area contributed by atoms with Crippen molar-refractivity contribution in [3.05, 3.63) is 70.8 Å². The Labute approximate surface area is 116 Å². The van der Waals surface area contributed by atoms with Crippen LogP contribution in [0.3, 0.4) is 0 Å².